The van der Waals surface area contributed by atoms with E-state index in [1.165, 1.54) is 11.1 Å². The van der Waals surface area contributed by atoms with Gasteiger partial charge in [-0.2, -0.15) is 5.10 Å². The van der Waals surface area contributed by atoms with Crippen LogP contribution in [-0.2, 0) is 20.0 Å². The number of anilines is 1. The number of fused-ring (bicyclic) bond motifs is 1. The molecule has 0 fully saturated rings. The van der Waals surface area contributed by atoms with Crippen molar-refractivity contribution < 1.29 is 4.79 Å². The number of carbonyl (C=O) groups excluding carboxylic acids is 1. The van der Waals surface area contributed by atoms with Crippen LogP contribution in [0, 0.1) is 6.92 Å². The lowest BCUT2D eigenvalue weighted by Gasteiger charge is -2.17. The van der Waals surface area contributed by atoms with Gasteiger partial charge in [0.05, 0.1) is 5.69 Å². The van der Waals surface area contributed by atoms with Crippen LogP contribution in [0.5, 0.6) is 0 Å². The smallest absolute Gasteiger partial charge is 0.256 e. The molecule has 1 amide bonds. The average Bonchev–Trinajstić information content (AvgIpc) is 2.76. The predicted molar refractivity (Wildman–Crippen MR) is 77.8 cm³/mol. The van der Waals surface area contributed by atoms with E-state index in [-0.39, 0.29) is 5.91 Å². The van der Waals surface area contributed by atoms with E-state index >= 15 is 0 Å². The van der Waals surface area contributed by atoms with Gasteiger partial charge in [-0.25, -0.2) is 0 Å². The summed E-state index contributed by atoms with van der Waals surface area (Å²) in [6, 6.07) is 7.78. The van der Waals surface area contributed by atoms with E-state index in [1.807, 2.05) is 32.2 Å². The third-order valence-corrected chi connectivity index (χ3v) is 3.60. The third kappa shape index (κ3) is 2.44. The Morgan fingerprint density at radius 3 is 2.95 bits per heavy atom. The Morgan fingerprint density at radius 1 is 1.35 bits per heavy atom. The number of hydrogen-bond donors (Lipinski definition) is 2. The van der Waals surface area contributed by atoms with Crippen molar-refractivity contribution in [1.29, 1.82) is 0 Å². The molecule has 0 saturated heterocycles. The largest absolute Gasteiger partial charge is 0.312 e. The fourth-order valence-electron chi connectivity index (χ4n) is 2.54. The number of amides is 1. The highest BCUT2D eigenvalue weighted by molar-refractivity contribution is 6.04. The molecule has 1 aliphatic rings. The van der Waals surface area contributed by atoms with Crippen LogP contribution >= 0.6 is 0 Å². The van der Waals surface area contributed by atoms with Crippen LogP contribution in [-0.4, -0.2) is 22.2 Å². The summed E-state index contributed by atoms with van der Waals surface area (Å²) in [5.41, 5.74) is 4.12. The Balaban J connectivity index is 1.82. The monoisotopic (exact) mass is 270 g/mol. The van der Waals surface area contributed by atoms with E-state index in [4.69, 9.17) is 0 Å². The Morgan fingerprint density at radius 2 is 2.20 bits per heavy atom. The maximum Gasteiger partial charge on any atom is 0.256 e. The lowest BCUT2D eigenvalue weighted by atomic mass is 9.98. The molecular formula is C15H18N4O. The second kappa shape index (κ2) is 5.09. The summed E-state index contributed by atoms with van der Waals surface area (Å²) in [5.74, 6) is 0.615. The molecule has 0 saturated carbocycles. The van der Waals surface area contributed by atoms with Crippen LogP contribution in [0.1, 0.15) is 27.2 Å². The summed E-state index contributed by atoms with van der Waals surface area (Å²) in [6.45, 7) is 3.74. The van der Waals surface area contributed by atoms with Gasteiger partial charge in [0.1, 0.15) is 5.82 Å². The van der Waals surface area contributed by atoms with Crippen molar-refractivity contribution in [3.63, 3.8) is 0 Å². The highest BCUT2D eigenvalue weighted by atomic mass is 16.1. The molecule has 0 atom stereocenters. The molecule has 1 aromatic carbocycles. The molecule has 0 aliphatic carbocycles. The molecule has 5 heteroatoms. The number of rotatable bonds is 2. The minimum Gasteiger partial charge on any atom is -0.312 e. The van der Waals surface area contributed by atoms with Gasteiger partial charge in [0.2, 0.25) is 0 Å². The van der Waals surface area contributed by atoms with Crippen molar-refractivity contribution in [2.75, 3.05) is 11.9 Å². The SMILES string of the molecule is Cc1cc(NC(=O)c2ccc3c(c2)CNCC3)n(C)n1. The summed E-state index contributed by atoms with van der Waals surface area (Å²) >= 11 is 0. The molecule has 0 unspecified atom stereocenters. The fraction of sp³-hybridized carbons (Fsp3) is 0.333. The van der Waals surface area contributed by atoms with Crippen LogP contribution < -0.4 is 10.6 Å². The third-order valence-electron chi connectivity index (χ3n) is 3.60. The van der Waals surface area contributed by atoms with Gasteiger partial charge < -0.3 is 10.6 Å². The van der Waals surface area contributed by atoms with E-state index in [0.717, 1.165) is 25.2 Å². The lowest BCUT2D eigenvalue weighted by Crippen LogP contribution is -2.24. The van der Waals surface area contributed by atoms with E-state index in [9.17, 15) is 4.79 Å². The van der Waals surface area contributed by atoms with Crippen molar-refractivity contribution >= 4 is 11.7 Å². The van der Waals surface area contributed by atoms with Gasteiger partial charge in [0, 0.05) is 25.2 Å². The molecule has 0 radical (unpaired) electrons. The number of carbonyl (C=O) groups is 1. The van der Waals surface area contributed by atoms with Crippen LogP contribution in [0.3, 0.4) is 0 Å². The Labute approximate surface area is 118 Å². The van der Waals surface area contributed by atoms with Gasteiger partial charge in [-0.05, 0) is 43.1 Å². The standard InChI is InChI=1S/C15H18N4O/c1-10-7-14(19(2)18-10)17-15(20)12-4-3-11-5-6-16-9-13(11)8-12/h3-4,7-8,16H,5-6,9H2,1-2H3,(H,17,20). The van der Waals surface area contributed by atoms with Crippen molar-refractivity contribution in [1.82, 2.24) is 15.1 Å². The molecule has 104 valence electrons. The van der Waals surface area contributed by atoms with Crippen LogP contribution in [0.15, 0.2) is 24.3 Å². The molecule has 2 heterocycles. The topological polar surface area (TPSA) is 59.0 Å². The van der Waals surface area contributed by atoms with Gasteiger partial charge in [-0.3, -0.25) is 9.48 Å². The zero-order valence-electron chi connectivity index (χ0n) is 11.7. The van der Waals surface area contributed by atoms with E-state index < -0.39 is 0 Å². The first-order valence-electron chi connectivity index (χ1n) is 6.78. The minimum absolute atomic E-state index is 0.0960. The van der Waals surface area contributed by atoms with Gasteiger partial charge in [-0.1, -0.05) is 6.07 Å². The molecule has 2 N–H and O–H groups in total. The number of benzene rings is 1. The quantitative estimate of drug-likeness (QED) is 0.872. The van der Waals surface area contributed by atoms with E-state index in [0.29, 0.717) is 11.4 Å². The summed E-state index contributed by atoms with van der Waals surface area (Å²) in [7, 11) is 1.82. The number of hydrogen-bond acceptors (Lipinski definition) is 3. The average molecular weight is 270 g/mol. The van der Waals surface area contributed by atoms with Gasteiger partial charge in [0.15, 0.2) is 0 Å². The Bertz CT molecular complexity index is 660. The molecule has 5 nitrogen and oxygen atoms in total. The molecule has 0 spiro atoms. The first-order valence-corrected chi connectivity index (χ1v) is 6.78. The zero-order chi connectivity index (χ0) is 14.1. The first-order chi connectivity index (χ1) is 9.63. The van der Waals surface area contributed by atoms with Crippen LogP contribution in [0.4, 0.5) is 5.82 Å². The molecule has 2 aromatic rings. The summed E-state index contributed by atoms with van der Waals surface area (Å²) in [6.07, 6.45) is 1.03. The van der Waals surface area contributed by atoms with Gasteiger partial charge in [-0.15, -0.1) is 0 Å². The lowest BCUT2D eigenvalue weighted by molar-refractivity contribution is 0.102. The summed E-state index contributed by atoms with van der Waals surface area (Å²) in [5, 5.41) is 10.4. The number of aryl methyl sites for hydroxylation is 2. The van der Waals surface area contributed by atoms with Gasteiger partial charge in [0.25, 0.3) is 5.91 Å². The van der Waals surface area contributed by atoms with E-state index in [2.05, 4.69) is 21.8 Å². The molecular weight excluding hydrogens is 252 g/mol. The van der Waals surface area contributed by atoms with Crippen molar-refractivity contribution in [2.24, 2.45) is 7.05 Å². The molecule has 1 aromatic heterocycles. The van der Waals surface area contributed by atoms with Crippen molar-refractivity contribution in [3.05, 3.63) is 46.6 Å². The molecule has 3 rings (SSSR count). The first kappa shape index (κ1) is 12.9. The van der Waals surface area contributed by atoms with Crippen molar-refractivity contribution in [2.45, 2.75) is 19.9 Å². The molecule has 1 aliphatic heterocycles. The van der Waals surface area contributed by atoms with Crippen LogP contribution in [0.2, 0.25) is 0 Å². The number of nitrogens with zero attached hydrogens (tertiary/aromatic N) is 2. The van der Waals surface area contributed by atoms with Crippen LogP contribution in [0.25, 0.3) is 0 Å². The maximum atomic E-state index is 12.3. The molecule has 20 heavy (non-hydrogen) atoms. The van der Waals surface area contributed by atoms with Gasteiger partial charge >= 0.3 is 0 Å². The summed E-state index contributed by atoms with van der Waals surface area (Å²) in [4.78, 5) is 12.3. The number of aromatic nitrogens is 2. The minimum atomic E-state index is -0.0960. The zero-order valence-corrected chi connectivity index (χ0v) is 11.7. The summed E-state index contributed by atoms with van der Waals surface area (Å²) < 4.78 is 1.67. The second-order valence-electron chi connectivity index (χ2n) is 5.16. The maximum absolute atomic E-state index is 12.3. The molecule has 0 bridgehead atoms. The highest BCUT2D eigenvalue weighted by Gasteiger charge is 2.13. The highest BCUT2D eigenvalue weighted by Crippen LogP contribution is 2.17. The predicted octanol–water partition coefficient (Wildman–Crippen LogP) is 1.63. The Hall–Kier alpha value is -2.14. The normalized spacial score (nSPS) is 13.9. The second-order valence-corrected chi connectivity index (χ2v) is 5.16. The Kier molecular flexibility index (Phi) is 3.28. The van der Waals surface area contributed by atoms with E-state index in [1.54, 1.807) is 4.68 Å². The van der Waals surface area contributed by atoms with Crippen molar-refractivity contribution in [3.8, 4) is 0 Å². The fourth-order valence-corrected chi connectivity index (χ4v) is 2.54. The number of nitrogens with one attached hydrogen (secondary N) is 2.